The largest absolute Gasteiger partial charge is 0.478 e. The molecular formula is C11H12O3. The zero-order chi connectivity index (χ0) is 10.4. The van der Waals surface area contributed by atoms with E-state index in [0.717, 1.165) is 17.2 Å². The quantitative estimate of drug-likeness (QED) is 0.707. The number of aliphatic carboxylic acids is 1. The highest BCUT2D eigenvalue weighted by molar-refractivity contribution is 5.85. The molecule has 0 unspecified atom stereocenters. The summed E-state index contributed by atoms with van der Waals surface area (Å²) in [6.07, 6.45) is 3.26. The number of hydrogen-bond donors (Lipinski definition) is 2. The second-order valence-corrected chi connectivity index (χ2v) is 2.89. The topological polar surface area (TPSA) is 57.5 Å². The maximum atomic E-state index is 10.2. The molecule has 0 bridgehead atoms. The Labute approximate surface area is 82.3 Å². The molecule has 0 saturated heterocycles. The molecule has 0 heterocycles. The third kappa shape index (κ3) is 3.41. The monoisotopic (exact) mass is 192 g/mol. The number of rotatable bonds is 4. The predicted molar refractivity (Wildman–Crippen MR) is 53.9 cm³/mol. The molecule has 0 amide bonds. The summed E-state index contributed by atoms with van der Waals surface area (Å²) in [5.41, 5.74) is 1.88. The van der Waals surface area contributed by atoms with Gasteiger partial charge in [-0.1, -0.05) is 24.3 Å². The van der Waals surface area contributed by atoms with Crippen LogP contribution >= 0.6 is 0 Å². The van der Waals surface area contributed by atoms with Crippen molar-refractivity contribution in [1.82, 2.24) is 0 Å². The van der Waals surface area contributed by atoms with Gasteiger partial charge in [0.2, 0.25) is 0 Å². The van der Waals surface area contributed by atoms with Gasteiger partial charge >= 0.3 is 5.97 Å². The summed E-state index contributed by atoms with van der Waals surface area (Å²) in [7, 11) is 0. The first kappa shape index (κ1) is 10.5. The minimum Gasteiger partial charge on any atom is -0.478 e. The molecule has 0 aromatic heterocycles. The van der Waals surface area contributed by atoms with Crippen molar-refractivity contribution in [2.24, 2.45) is 0 Å². The Kier molecular flexibility index (Phi) is 3.88. The van der Waals surface area contributed by atoms with Crippen molar-refractivity contribution in [3.63, 3.8) is 0 Å². The van der Waals surface area contributed by atoms with Gasteiger partial charge < -0.3 is 10.2 Å². The lowest BCUT2D eigenvalue weighted by molar-refractivity contribution is -0.131. The average Bonchev–Trinajstić information content (AvgIpc) is 2.17. The summed E-state index contributed by atoms with van der Waals surface area (Å²) in [6.45, 7) is 0.129. The second kappa shape index (κ2) is 5.19. The van der Waals surface area contributed by atoms with Crippen LogP contribution in [0, 0.1) is 0 Å². The van der Waals surface area contributed by atoms with Crippen molar-refractivity contribution in [3.05, 3.63) is 41.5 Å². The van der Waals surface area contributed by atoms with Crippen LogP contribution in [0.1, 0.15) is 11.1 Å². The average molecular weight is 192 g/mol. The van der Waals surface area contributed by atoms with E-state index in [9.17, 15) is 4.79 Å². The molecule has 0 spiro atoms. The predicted octanol–water partition coefficient (Wildman–Crippen LogP) is 1.32. The summed E-state index contributed by atoms with van der Waals surface area (Å²) < 4.78 is 0. The fourth-order valence-electron chi connectivity index (χ4n) is 1.09. The smallest absolute Gasteiger partial charge is 0.328 e. The van der Waals surface area contributed by atoms with Crippen molar-refractivity contribution >= 4 is 12.0 Å². The fraction of sp³-hybridized carbons (Fsp3) is 0.182. The number of aliphatic hydroxyl groups excluding tert-OH is 1. The molecule has 1 rings (SSSR count). The van der Waals surface area contributed by atoms with E-state index >= 15 is 0 Å². The maximum absolute atomic E-state index is 10.2. The van der Waals surface area contributed by atoms with Gasteiger partial charge in [-0.3, -0.25) is 0 Å². The molecule has 1 aromatic rings. The first-order valence-corrected chi connectivity index (χ1v) is 4.33. The van der Waals surface area contributed by atoms with E-state index in [0.29, 0.717) is 6.42 Å². The van der Waals surface area contributed by atoms with Crippen LogP contribution in [0.3, 0.4) is 0 Å². The lowest BCUT2D eigenvalue weighted by Gasteiger charge is -1.98. The van der Waals surface area contributed by atoms with Gasteiger partial charge in [-0.2, -0.15) is 0 Å². The van der Waals surface area contributed by atoms with E-state index in [1.54, 1.807) is 0 Å². The van der Waals surface area contributed by atoms with Crippen LogP contribution in [-0.4, -0.2) is 22.8 Å². The van der Waals surface area contributed by atoms with Crippen molar-refractivity contribution in [3.8, 4) is 0 Å². The summed E-state index contributed by atoms with van der Waals surface area (Å²) in [5, 5.41) is 17.1. The third-order valence-electron chi connectivity index (χ3n) is 1.80. The summed E-state index contributed by atoms with van der Waals surface area (Å²) in [5.74, 6) is -0.954. The SMILES string of the molecule is O=C(O)/C=C/c1ccc(CCO)cc1. The summed E-state index contributed by atoms with van der Waals surface area (Å²) in [4.78, 5) is 10.2. The molecular weight excluding hydrogens is 180 g/mol. The molecule has 0 fully saturated rings. The molecule has 3 heteroatoms. The Balaban J connectivity index is 2.68. The van der Waals surface area contributed by atoms with Gasteiger partial charge in [-0.15, -0.1) is 0 Å². The zero-order valence-corrected chi connectivity index (χ0v) is 7.68. The van der Waals surface area contributed by atoms with E-state index in [1.165, 1.54) is 6.08 Å². The van der Waals surface area contributed by atoms with Crippen molar-refractivity contribution < 1.29 is 15.0 Å². The maximum Gasteiger partial charge on any atom is 0.328 e. The van der Waals surface area contributed by atoms with Crippen LogP contribution in [0.25, 0.3) is 6.08 Å². The van der Waals surface area contributed by atoms with Gasteiger partial charge in [0, 0.05) is 12.7 Å². The normalized spacial score (nSPS) is 10.6. The van der Waals surface area contributed by atoms with Gasteiger partial charge in [0.25, 0.3) is 0 Å². The van der Waals surface area contributed by atoms with E-state index < -0.39 is 5.97 Å². The van der Waals surface area contributed by atoms with Crippen molar-refractivity contribution in [1.29, 1.82) is 0 Å². The molecule has 0 aliphatic rings. The molecule has 0 aliphatic carbocycles. The number of carboxylic acids is 1. The van der Waals surface area contributed by atoms with E-state index in [4.69, 9.17) is 10.2 Å². The molecule has 1 aromatic carbocycles. The summed E-state index contributed by atoms with van der Waals surface area (Å²) in [6, 6.07) is 7.39. The highest BCUT2D eigenvalue weighted by atomic mass is 16.4. The van der Waals surface area contributed by atoms with E-state index in [-0.39, 0.29) is 6.61 Å². The van der Waals surface area contributed by atoms with Crippen LogP contribution in [-0.2, 0) is 11.2 Å². The molecule has 0 saturated carbocycles. The van der Waals surface area contributed by atoms with Crippen LogP contribution in [0.2, 0.25) is 0 Å². The Morgan fingerprint density at radius 3 is 2.43 bits per heavy atom. The van der Waals surface area contributed by atoms with Crippen LogP contribution < -0.4 is 0 Å². The van der Waals surface area contributed by atoms with Gasteiger partial charge in [0.1, 0.15) is 0 Å². The molecule has 0 aliphatic heterocycles. The molecule has 2 N–H and O–H groups in total. The van der Waals surface area contributed by atoms with Gasteiger partial charge in [0.05, 0.1) is 0 Å². The van der Waals surface area contributed by atoms with Gasteiger partial charge in [0.15, 0.2) is 0 Å². The Morgan fingerprint density at radius 2 is 1.93 bits per heavy atom. The zero-order valence-electron chi connectivity index (χ0n) is 7.68. The second-order valence-electron chi connectivity index (χ2n) is 2.89. The Morgan fingerprint density at radius 1 is 1.29 bits per heavy atom. The number of hydrogen-bond acceptors (Lipinski definition) is 2. The lowest BCUT2D eigenvalue weighted by Crippen LogP contribution is -1.90. The van der Waals surface area contributed by atoms with Crippen molar-refractivity contribution in [2.75, 3.05) is 6.61 Å². The van der Waals surface area contributed by atoms with Crippen LogP contribution in [0.4, 0.5) is 0 Å². The molecule has 0 radical (unpaired) electrons. The number of carboxylic acid groups (broad SMARTS) is 1. The van der Waals surface area contributed by atoms with E-state index in [2.05, 4.69) is 0 Å². The highest BCUT2D eigenvalue weighted by Gasteiger charge is 1.92. The highest BCUT2D eigenvalue weighted by Crippen LogP contribution is 2.06. The summed E-state index contributed by atoms with van der Waals surface area (Å²) >= 11 is 0. The number of carbonyl (C=O) groups is 1. The van der Waals surface area contributed by atoms with Gasteiger partial charge in [-0.05, 0) is 23.6 Å². The standard InChI is InChI=1S/C11H12O3/c12-8-7-10-3-1-9(2-4-10)5-6-11(13)14/h1-6,12H,7-8H2,(H,13,14)/b6-5+. The first-order valence-electron chi connectivity index (χ1n) is 4.33. The lowest BCUT2D eigenvalue weighted by atomic mass is 10.1. The minimum atomic E-state index is -0.954. The Bertz CT molecular complexity index is 325. The molecule has 74 valence electrons. The molecule has 3 nitrogen and oxygen atoms in total. The van der Waals surface area contributed by atoms with Gasteiger partial charge in [-0.25, -0.2) is 4.79 Å². The molecule has 0 atom stereocenters. The van der Waals surface area contributed by atoms with Crippen molar-refractivity contribution in [2.45, 2.75) is 6.42 Å². The van der Waals surface area contributed by atoms with Crippen LogP contribution in [0.15, 0.2) is 30.3 Å². The number of aliphatic hydroxyl groups is 1. The minimum absolute atomic E-state index is 0.129. The third-order valence-corrected chi connectivity index (χ3v) is 1.80. The molecule has 14 heavy (non-hydrogen) atoms. The fourth-order valence-corrected chi connectivity index (χ4v) is 1.09. The van der Waals surface area contributed by atoms with Crippen LogP contribution in [0.5, 0.6) is 0 Å². The number of benzene rings is 1. The van der Waals surface area contributed by atoms with E-state index in [1.807, 2.05) is 24.3 Å². The first-order chi connectivity index (χ1) is 6.72. The Hall–Kier alpha value is -1.61.